The molecule has 1 unspecified atom stereocenters. The van der Waals surface area contributed by atoms with E-state index in [1.165, 1.54) is 12.1 Å². The van der Waals surface area contributed by atoms with E-state index < -0.39 is 0 Å². The van der Waals surface area contributed by atoms with Gasteiger partial charge in [0.1, 0.15) is 18.2 Å². The van der Waals surface area contributed by atoms with Crippen LogP contribution in [0.5, 0.6) is 5.75 Å². The summed E-state index contributed by atoms with van der Waals surface area (Å²) in [5.74, 6) is 1.19. The molecule has 6 heteroatoms. The minimum atomic E-state index is -0.287. The molecule has 24 heavy (non-hydrogen) atoms. The molecule has 1 N–H and O–H groups in total. The van der Waals surface area contributed by atoms with Crippen LogP contribution in [0.3, 0.4) is 0 Å². The maximum Gasteiger partial charge on any atom is 0.194 e. The average molecular weight is 335 g/mol. The largest absolute Gasteiger partial charge is 0.492 e. The predicted octanol–water partition coefficient (Wildman–Crippen LogP) is 2.28. The molecule has 3 rings (SSSR count). The van der Waals surface area contributed by atoms with Crippen molar-refractivity contribution in [3.8, 4) is 5.75 Å². The Labute approximate surface area is 142 Å². The first-order valence-corrected chi connectivity index (χ1v) is 8.70. The molecule has 1 aromatic carbocycles. The molecule has 132 valence electrons. The summed E-state index contributed by atoms with van der Waals surface area (Å²) in [6.45, 7) is 7.64. The van der Waals surface area contributed by atoms with Crippen molar-refractivity contribution in [2.24, 2.45) is 10.4 Å². The second kappa shape index (κ2) is 7.83. The SMILES string of the molecule is CCNC(=NCCOc1cccc(F)c1)N1CCC2(CCOC2)C1. The van der Waals surface area contributed by atoms with Gasteiger partial charge in [-0.15, -0.1) is 0 Å². The summed E-state index contributed by atoms with van der Waals surface area (Å²) < 4.78 is 24.3. The molecule has 0 bridgehead atoms. The molecule has 0 radical (unpaired) electrons. The zero-order valence-corrected chi connectivity index (χ0v) is 14.3. The van der Waals surface area contributed by atoms with Crippen molar-refractivity contribution in [2.45, 2.75) is 19.8 Å². The van der Waals surface area contributed by atoms with E-state index in [0.717, 1.165) is 51.6 Å². The van der Waals surface area contributed by atoms with Crippen LogP contribution in [0.1, 0.15) is 19.8 Å². The van der Waals surface area contributed by atoms with E-state index >= 15 is 0 Å². The molecule has 0 aromatic heterocycles. The van der Waals surface area contributed by atoms with Crippen LogP contribution < -0.4 is 10.1 Å². The highest BCUT2D eigenvalue weighted by Crippen LogP contribution is 2.38. The molecule has 2 saturated heterocycles. The first-order valence-electron chi connectivity index (χ1n) is 8.70. The molecular weight excluding hydrogens is 309 g/mol. The summed E-state index contributed by atoms with van der Waals surface area (Å²) in [6.07, 6.45) is 2.31. The highest BCUT2D eigenvalue weighted by atomic mass is 19.1. The molecule has 0 saturated carbocycles. The number of guanidine groups is 1. The van der Waals surface area contributed by atoms with Gasteiger partial charge in [-0.25, -0.2) is 9.38 Å². The number of aliphatic imine (C=N–C) groups is 1. The fraction of sp³-hybridized carbons (Fsp3) is 0.611. The second-order valence-corrected chi connectivity index (χ2v) is 6.52. The van der Waals surface area contributed by atoms with Gasteiger partial charge in [-0.2, -0.15) is 0 Å². The predicted molar refractivity (Wildman–Crippen MR) is 91.9 cm³/mol. The molecule has 2 heterocycles. The van der Waals surface area contributed by atoms with E-state index in [1.54, 1.807) is 12.1 Å². The van der Waals surface area contributed by atoms with Gasteiger partial charge in [-0.1, -0.05) is 6.07 Å². The Morgan fingerprint density at radius 3 is 3.12 bits per heavy atom. The fourth-order valence-electron chi connectivity index (χ4n) is 3.38. The summed E-state index contributed by atoms with van der Waals surface area (Å²) in [5, 5.41) is 3.36. The third-order valence-corrected chi connectivity index (χ3v) is 4.68. The summed E-state index contributed by atoms with van der Waals surface area (Å²) in [7, 11) is 0. The summed E-state index contributed by atoms with van der Waals surface area (Å²) in [6, 6.07) is 6.19. The zero-order valence-electron chi connectivity index (χ0n) is 14.3. The zero-order chi connectivity index (χ0) is 16.8. The molecule has 1 aromatic rings. The Hall–Kier alpha value is -1.82. The lowest BCUT2D eigenvalue weighted by atomic mass is 9.87. The molecule has 0 amide bonds. The van der Waals surface area contributed by atoms with Crippen LogP contribution in [0.2, 0.25) is 0 Å². The summed E-state index contributed by atoms with van der Waals surface area (Å²) in [4.78, 5) is 6.98. The van der Waals surface area contributed by atoms with Gasteiger partial charge in [0.2, 0.25) is 0 Å². The lowest BCUT2D eigenvalue weighted by Gasteiger charge is -2.25. The molecule has 1 atom stereocenters. The van der Waals surface area contributed by atoms with Crippen molar-refractivity contribution in [1.29, 1.82) is 0 Å². The van der Waals surface area contributed by atoms with Crippen molar-refractivity contribution in [3.05, 3.63) is 30.1 Å². The third-order valence-electron chi connectivity index (χ3n) is 4.68. The molecular formula is C18H26FN3O2. The number of nitrogens with one attached hydrogen (secondary N) is 1. The van der Waals surface area contributed by atoms with Crippen LogP contribution in [0.15, 0.2) is 29.3 Å². The number of benzene rings is 1. The molecule has 2 aliphatic heterocycles. The number of rotatable bonds is 5. The fourth-order valence-corrected chi connectivity index (χ4v) is 3.38. The van der Waals surface area contributed by atoms with Gasteiger partial charge in [-0.3, -0.25) is 0 Å². The quantitative estimate of drug-likeness (QED) is 0.509. The Morgan fingerprint density at radius 1 is 1.46 bits per heavy atom. The molecule has 2 aliphatic rings. The van der Waals surface area contributed by atoms with Gasteiger partial charge in [0.25, 0.3) is 0 Å². The van der Waals surface area contributed by atoms with Gasteiger partial charge in [0.15, 0.2) is 5.96 Å². The number of likely N-dealkylation sites (tertiary alicyclic amines) is 1. The normalized spacial score (nSPS) is 23.9. The van der Waals surface area contributed by atoms with E-state index in [1.807, 2.05) is 0 Å². The summed E-state index contributed by atoms with van der Waals surface area (Å²) in [5.41, 5.74) is 0.314. The van der Waals surface area contributed by atoms with Crippen molar-refractivity contribution in [1.82, 2.24) is 10.2 Å². The minimum absolute atomic E-state index is 0.287. The molecule has 5 nitrogen and oxygen atoms in total. The van der Waals surface area contributed by atoms with Crippen molar-refractivity contribution in [2.75, 3.05) is 46.0 Å². The van der Waals surface area contributed by atoms with Crippen molar-refractivity contribution in [3.63, 3.8) is 0 Å². The van der Waals surface area contributed by atoms with E-state index in [0.29, 0.717) is 24.3 Å². The highest BCUT2D eigenvalue weighted by Gasteiger charge is 2.42. The lowest BCUT2D eigenvalue weighted by Crippen LogP contribution is -2.41. The first kappa shape index (κ1) is 17.0. The maximum absolute atomic E-state index is 13.1. The number of ether oxygens (including phenoxy) is 2. The van der Waals surface area contributed by atoms with Gasteiger partial charge >= 0.3 is 0 Å². The Morgan fingerprint density at radius 2 is 2.38 bits per heavy atom. The average Bonchev–Trinajstić information content (AvgIpc) is 3.21. The van der Waals surface area contributed by atoms with Crippen molar-refractivity contribution < 1.29 is 13.9 Å². The van der Waals surface area contributed by atoms with Crippen LogP contribution in [0, 0.1) is 11.2 Å². The molecule has 2 fully saturated rings. The lowest BCUT2D eigenvalue weighted by molar-refractivity contribution is 0.156. The van der Waals surface area contributed by atoms with Crippen LogP contribution in [-0.4, -0.2) is 56.9 Å². The van der Waals surface area contributed by atoms with Gasteiger partial charge in [0.05, 0.1) is 13.2 Å². The Bertz CT molecular complexity index is 573. The van der Waals surface area contributed by atoms with E-state index in [4.69, 9.17) is 9.47 Å². The van der Waals surface area contributed by atoms with Gasteiger partial charge in [0, 0.05) is 37.7 Å². The van der Waals surface area contributed by atoms with Crippen LogP contribution >= 0.6 is 0 Å². The smallest absolute Gasteiger partial charge is 0.194 e. The first-order chi connectivity index (χ1) is 11.7. The summed E-state index contributed by atoms with van der Waals surface area (Å²) >= 11 is 0. The Kier molecular flexibility index (Phi) is 5.56. The van der Waals surface area contributed by atoms with Gasteiger partial charge in [-0.05, 0) is 31.9 Å². The topological polar surface area (TPSA) is 46.1 Å². The Balaban J connectivity index is 1.52. The molecule has 0 aliphatic carbocycles. The number of halogens is 1. The standard InChI is InChI=1S/C18H26FN3O2/c1-2-20-17(22-9-6-18(13-22)7-10-23-14-18)21-8-11-24-16-5-3-4-15(19)12-16/h3-5,12H,2,6-11,13-14H2,1H3,(H,20,21). The number of nitrogens with zero attached hydrogens (tertiary/aromatic N) is 2. The third kappa shape index (κ3) is 4.17. The van der Waals surface area contributed by atoms with Crippen LogP contribution in [0.4, 0.5) is 4.39 Å². The number of hydrogen-bond acceptors (Lipinski definition) is 3. The second-order valence-electron chi connectivity index (χ2n) is 6.52. The van der Waals surface area contributed by atoms with Crippen LogP contribution in [0.25, 0.3) is 0 Å². The van der Waals surface area contributed by atoms with E-state index in [9.17, 15) is 4.39 Å². The van der Waals surface area contributed by atoms with E-state index in [-0.39, 0.29) is 5.82 Å². The van der Waals surface area contributed by atoms with E-state index in [2.05, 4.69) is 22.1 Å². The van der Waals surface area contributed by atoms with Gasteiger partial charge < -0.3 is 19.7 Å². The van der Waals surface area contributed by atoms with Crippen molar-refractivity contribution >= 4 is 5.96 Å². The maximum atomic E-state index is 13.1. The monoisotopic (exact) mass is 335 g/mol. The minimum Gasteiger partial charge on any atom is -0.492 e. The molecule has 1 spiro atoms. The number of hydrogen-bond donors (Lipinski definition) is 1. The van der Waals surface area contributed by atoms with Crippen LogP contribution in [-0.2, 0) is 4.74 Å². The highest BCUT2D eigenvalue weighted by molar-refractivity contribution is 5.80.